The number of aryl methyl sites for hydroxylation is 1. The van der Waals surface area contributed by atoms with Crippen molar-refractivity contribution in [3.63, 3.8) is 0 Å². The molecule has 2 rings (SSSR count). The molecule has 1 heterocycles. The van der Waals surface area contributed by atoms with Gasteiger partial charge in [0.25, 0.3) is 5.91 Å². The third kappa shape index (κ3) is 3.26. The minimum Gasteiger partial charge on any atom is -0.481 e. The molecule has 0 spiro atoms. The van der Waals surface area contributed by atoms with Gasteiger partial charge < -0.3 is 14.7 Å². The number of rotatable bonds is 4. The number of hydrogen-bond acceptors (Lipinski definition) is 3. The van der Waals surface area contributed by atoms with Gasteiger partial charge in [0, 0.05) is 6.54 Å². The van der Waals surface area contributed by atoms with Crippen LogP contribution in [0.1, 0.15) is 25.3 Å². The summed E-state index contributed by atoms with van der Waals surface area (Å²) in [7, 11) is 0. The number of amides is 1. The lowest BCUT2D eigenvalue weighted by atomic mass is 10.2. The Balaban J connectivity index is 1.97. The third-order valence-corrected chi connectivity index (χ3v) is 3.55. The number of hydrogen-bond donors (Lipinski definition) is 1. The topological polar surface area (TPSA) is 49.8 Å². The first-order valence-corrected chi connectivity index (χ1v) is 6.76. The number of aliphatic hydroxyl groups excluding tert-OH is 1. The van der Waals surface area contributed by atoms with E-state index in [1.54, 1.807) is 11.8 Å². The fourth-order valence-corrected chi connectivity index (χ4v) is 2.42. The number of ether oxygens (including phenoxy) is 1. The van der Waals surface area contributed by atoms with E-state index >= 15 is 0 Å². The lowest BCUT2D eigenvalue weighted by Crippen LogP contribution is -2.44. The fraction of sp³-hybridized carbons (Fsp3) is 0.533. The Hall–Kier alpha value is -1.55. The van der Waals surface area contributed by atoms with Crippen molar-refractivity contribution in [2.75, 3.05) is 13.2 Å². The molecule has 4 heteroatoms. The Morgan fingerprint density at radius 2 is 2.16 bits per heavy atom. The summed E-state index contributed by atoms with van der Waals surface area (Å²) in [6.07, 6.45) is 1.31. The maximum atomic E-state index is 12.3. The highest BCUT2D eigenvalue weighted by molar-refractivity contribution is 5.81. The molecule has 4 nitrogen and oxygen atoms in total. The van der Waals surface area contributed by atoms with Gasteiger partial charge in [-0.2, -0.15) is 0 Å². The first-order valence-electron chi connectivity index (χ1n) is 6.76. The van der Waals surface area contributed by atoms with E-state index in [-0.39, 0.29) is 18.6 Å². The monoisotopic (exact) mass is 263 g/mol. The minimum atomic E-state index is -0.519. The summed E-state index contributed by atoms with van der Waals surface area (Å²) in [5.41, 5.74) is 1.16. The van der Waals surface area contributed by atoms with Gasteiger partial charge in [-0.15, -0.1) is 0 Å². The van der Waals surface area contributed by atoms with E-state index in [0.717, 1.165) is 18.4 Å². The van der Waals surface area contributed by atoms with E-state index < -0.39 is 6.10 Å². The largest absolute Gasteiger partial charge is 0.481 e. The predicted octanol–water partition coefficient (Wildman–Crippen LogP) is 1.75. The van der Waals surface area contributed by atoms with Crippen LogP contribution in [0.15, 0.2) is 24.3 Å². The molecule has 0 saturated carbocycles. The van der Waals surface area contributed by atoms with E-state index in [9.17, 15) is 9.90 Å². The molecule has 1 fully saturated rings. The average Bonchev–Trinajstić information content (AvgIpc) is 2.88. The molecule has 1 unspecified atom stereocenters. The van der Waals surface area contributed by atoms with Crippen LogP contribution in [0.4, 0.5) is 0 Å². The number of likely N-dealkylation sites (tertiary alicyclic amines) is 1. The summed E-state index contributed by atoms with van der Waals surface area (Å²) < 4.78 is 5.66. The highest BCUT2D eigenvalue weighted by atomic mass is 16.5. The third-order valence-electron chi connectivity index (χ3n) is 3.55. The van der Waals surface area contributed by atoms with Crippen LogP contribution < -0.4 is 4.74 Å². The standard InChI is InChI=1S/C15H21NO3/c1-11-5-7-14(8-6-11)19-12(2)15(18)16-9-3-4-13(16)10-17/h5-8,12-13,17H,3-4,9-10H2,1-2H3/t12?,13-/m1/s1. The second kappa shape index (κ2) is 6.06. The molecule has 0 aliphatic carbocycles. The van der Waals surface area contributed by atoms with Gasteiger partial charge >= 0.3 is 0 Å². The summed E-state index contributed by atoms with van der Waals surface area (Å²) in [5, 5.41) is 9.25. The Kier molecular flexibility index (Phi) is 4.43. The van der Waals surface area contributed by atoms with Crippen molar-refractivity contribution in [1.29, 1.82) is 0 Å². The highest BCUT2D eigenvalue weighted by Crippen LogP contribution is 2.20. The number of aliphatic hydroxyl groups is 1. The van der Waals surface area contributed by atoms with Crippen LogP contribution >= 0.6 is 0 Å². The number of carbonyl (C=O) groups is 1. The van der Waals surface area contributed by atoms with Crippen LogP contribution in [-0.2, 0) is 4.79 Å². The van der Waals surface area contributed by atoms with Gasteiger partial charge in [-0.1, -0.05) is 17.7 Å². The van der Waals surface area contributed by atoms with E-state index in [4.69, 9.17) is 4.74 Å². The molecular formula is C15H21NO3. The molecule has 104 valence electrons. The molecule has 1 N–H and O–H groups in total. The Morgan fingerprint density at radius 1 is 1.47 bits per heavy atom. The van der Waals surface area contributed by atoms with Crippen LogP contribution in [0.2, 0.25) is 0 Å². The minimum absolute atomic E-state index is 0.0307. The van der Waals surface area contributed by atoms with E-state index in [1.807, 2.05) is 31.2 Å². The lowest BCUT2D eigenvalue weighted by Gasteiger charge is -2.26. The second-order valence-corrected chi connectivity index (χ2v) is 5.08. The highest BCUT2D eigenvalue weighted by Gasteiger charge is 2.31. The second-order valence-electron chi connectivity index (χ2n) is 5.08. The summed E-state index contributed by atoms with van der Waals surface area (Å²) >= 11 is 0. The van der Waals surface area contributed by atoms with Crippen molar-refractivity contribution >= 4 is 5.91 Å². The first kappa shape index (κ1) is 13.9. The predicted molar refractivity (Wildman–Crippen MR) is 73.1 cm³/mol. The molecule has 0 bridgehead atoms. The zero-order valence-corrected chi connectivity index (χ0v) is 11.5. The van der Waals surface area contributed by atoms with Crippen molar-refractivity contribution in [3.8, 4) is 5.75 Å². The van der Waals surface area contributed by atoms with Gasteiger partial charge in [0.05, 0.1) is 12.6 Å². The molecule has 0 radical (unpaired) electrons. The van der Waals surface area contributed by atoms with E-state index in [0.29, 0.717) is 12.3 Å². The van der Waals surface area contributed by atoms with Crippen LogP contribution in [0, 0.1) is 6.92 Å². The summed E-state index contributed by atoms with van der Waals surface area (Å²) in [6.45, 7) is 4.51. The molecule has 19 heavy (non-hydrogen) atoms. The summed E-state index contributed by atoms with van der Waals surface area (Å²) in [6, 6.07) is 7.61. The summed E-state index contributed by atoms with van der Waals surface area (Å²) in [4.78, 5) is 14.0. The number of benzene rings is 1. The van der Waals surface area contributed by atoms with Crippen molar-refractivity contribution in [3.05, 3.63) is 29.8 Å². The van der Waals surface area contributed by atoms with Crippen molar-refractivity contribution in [1.82, 2.24) is 4.90 Å². The van der Waals surface area contributed by atoms with Crippen LogP contribution in [0.25, 0.3) is 0 Å². The first-order chi connectivity index (χ1) is 9.11. The van der Waals surface area contributed by atoms with Gasteiger partial charge in [-0.25, -0.2) is 0 Å². The maximum Gasteiger partial charge on any atom is 0.263 e. The smallest absolute Gasteiger partial charge is 0.263 e. The van der Waals surface area contributed by atoms with Crippen LogP contribution in [-0.4, -0.2) is 41.2 Å². The molecule has 1 amide bonds. The van der Waals surface area contributed by atoms with E-state index in [2.05, 4.69) is 0 Å². The molecule has 0 aromatic heterocycles. The van der Waals surface area contributed by atoms with Gasteiger partial charge in [0.2, 0.25) is 0 Å². The SMILES string of the molecule is Cc1ccc(OC(C)C(=O)N2CCC[C@@H]2CO)cc1. The van der Waals surface area contributed by atoms with Gasteiger partial charge in [0.15, 0.2) is 6.10 Å². The quantitative estimate of drug-likeness (QED) is 0.900. The lowest BCUT2D eigenvalue weighted by molar-refractivity contribution is -0.139. The molecule has 1 saturated heterocycles. The Labute approximate surface area is 114 Å². The normalized spacial score (nSPS) is 20.4. The van der Waals surface area contributed by atoms with Crippen LogP contribution in [0.3, 0.4) is 0 Å². The van der Waals surface area contributed by atoms with E-state index in [1.165, 1.54) is 0 Å². The maximum absolute atomic E-state index is 12.3. The molecule has 1 aromatic rings. The number of nitrogens with zero attached hydrogens (tertiary/aromatic N) is 1. The van der Waals surface area contributed by atoms with Gasteiger partial charge in [-0.05, 0) is 38.8 Å². The number of carbonyl (C=O) groups excluding carboxylic acids is 1. The van der Waals surface area contributed by atoms with Crippen LogP contribution in [0.5, 0.6) is 5.75 Å². The van der Waals surface area contributed by atoms with Gasteiger partial charge in [-0.3, -0.25) is 4.79 Å². The Morgan fingerprint density at radius 3 is 2.79 bits per heavy atom. The summed E-state index contributed by atoms with van der Waals surface area (Å²) in [5.74, 6) is 0.656. The fourth-order valence-electron chi connectivity index (χ4n) is 2.42. The molecule has 1 aliphatic rings. The molecular weight excluding hydrogens is 242 g/mol. The molecule has 2 atom stereocenters. The molecule has 1 aliphatic heterocycles. The molecule has 1 aromatic carbocycles. The Bertz CT molecular complexity index is 430. The van der Waals surface area contributed by atoms with Crippen molar-refractivity contribution in [2.45, 2.75) is 38.8 Å². The van der Waals surface area contributed by atoms with Crippen molar-refractivity contribution < 1.29 is 14.6 Å². The average molecular weight is 263 g/mol. The zero-order valence-electron chi connectivity index (χ0n) is 11.5. The van der Waals surface area contributed by atoms with Crippen molar-refractivity contribution in [2.24, 2.45) is 0 Å². The van der Waals surface area contributed by atoms with Gasteiger partial charge in [0.1, 0.15) is 5.75 Å². The zero-order chi connectivity index (χ0) is 13.8.